The summed E-state index contributed by atoms with van der Waals surface area (Å²) in [5.41, 5.74) is 2.18. The third-order valence-corrected chi connectivity index (χ3v) is 6.74. The minimum absolute atomic E-state index is 0.0442. The first-order valence-electron chi connectivity index (χ1n) is 10.3. The van der Waals surface area contributed by atoms with Crippen molar-refractivity contribution >= 4 is 28.1 Å². The number of carbonyl (C=O) groups is 1. The van der Waals surface area contributed by atoms with Crippen LogP contribution in [0.25, 0.3) is 5.69 Å². The summed E-state index contributed by atoms with van der Waals surface area (Å²) in [6.07, 6.45) is 1.53. The Morgan fingerprint density at radius 3 is 2.38 bits per heavy atom. The van der Waals surface area contributed by atoms with E-state index in [2.05, 4.69) is 15.0 Å². The third-order valence-electron chi connectivity index (χ3n) is 5.04. The zero-order chi connectivity index (χ0) is 24.1. The molecule has 0 aliphatic rings. The molecule has 0 spiro atoms. The van der Waals surface area contributed by atoms with Crippen LogP contribution in [0.3, 0.4) is 0 Å². The lowest BCUT2D eigenvalue weighted by molar-refractivity contribution is 0.0944. The molecule has 0 saturated carbocycles. The second-order valence-electron chi connectivity index (χ2n) is 7.43. The molecule has 1 heterocycles. The first-order chi connectivity index (χ1) is 16.3. The Hall–Kier alpha value is -3.60. The number of carbonyl (C=O) groups excluding carboxylic acids is 1. The summed E-state index contributed by atoms with van der Waals surface area (Å²) in [5, 5.41) is 2.80. The number of amides is 1. The predicted octanol–water partition coefficient (Wildman–Crippen LogP) is 4.08. The van der Waals surface area contributed by atoms with E-state index in [1.807, 2.05) is 30.3 Å². The number of nitrogens with zero attached hydrogens (tertiary/aromatic N) is 1. The monoisotopic (exact) mass is 496 g/mol. The largest absolute Gasteiger partial charge is 0.347 e. The molecule has 0 atom stereocenters. The molecule has 10 heteroatoms. The van der Waals surface area contributed by atoms with Gasteiger partial charge in [-0.3, -0.25) is 9.36 Å². The van der Waals surface area contributed by atoms with Gasteiger partial charge in [-0.1, -0.05) is 42.5 Å². The van der Waals surface area contributed by atoms with Crippen LogP contribution < -0.4 is 10.0 Å². The molecule has 0 fully saturated rings. The van der Waals surface area contributed by atoms with E-state index in [4.69, 9.17) is 12.2 Å². The molecule has 3 N–H and O–H groups in total. The number of benzene rings is 3. The van der Waals surface area contributed by atoms with Gasteiger partial charge in [0.15, 0.2) is 4.77 Å². The molecule has 1 amide bonds. The molecule has 0 saturated heterocycles. The van der Waals surface area contributed by atoms with E-state index >= 15 is 0 Å². The number of imidazole rings is 1. The number of sulfonamides is 1. The van der Waals surface area contributed by atoms with Gasteiger partial charge < -0.3 is 10.3 Å². The minimum atomic E-state index is -3.83. The number of H-pyrrole nitrogens is 1. The molecular weight excluding hydrogens is 475 g/mol. The number of aromatic amines is 1. The fourth-order valence-electron chi connectivity index (χ4n) is 3.37. The molecular formula is C24H21FN4O3S2. The normalized spacial score (nSPS) is 11.3. The van der Waals surface area contributed by atoms with Gasteiger partial charge in [-0.25, -0.2) is 17.5 Å². The molecule has 7 nitrogen and oxygen atoms in total. The number of aromatic nitrogens is 2. The van der Waals surface area contributed by atoms with Crippen LogP contribution in [0.5, 0.6) is 0 Å². The average Bonchev–Trinajstić information content (AvgIpc) is 3.23. The Morgan fingerprint density at radius 1 is 0.941 bits per heavy atom. The number of nitrogens with one attached hydrogen (secondary N) is 3. The quantitative estimate of drug-likeness (QED) is 0.320. The number of rotatable bonds is 8. The first kappa shape index (κ1) is 23.6. The van der Waals surface area contributed by atoms with E-state index in [1.54, 1.807) is 22.8 Å². The maximum atomic E-state index is 13.3. The van der Waals surface area contributed by atoms with Crippen LogP contribution in [0.1, 0.15) is 21.6 Å². The highest BCUT2D eigenvalue weighted by Gasteiger charge is 2.16. The van der Waals surface area contributed by atoms with Crippen LogP contribution in [-0.2, 0) is 23.1 Å². The Labute approximate surface area is 201 Å². The van der Waals surface area contributed by atoms with Crippen molar-refractivity contribution in [2.45, 2.75) is 18.0 Å². The van der Waals surface area contributed by atoms with E-state index in [1.165, 1.54) is 36.5 Å². The van der Waals surface area contributed by atoms with Crippen LogP contribution in [-0.4, -0.2) is 23.9 Å². The summed E-state index contributed by atoms with van der Waals surface area (Å²) in [6.45, 7) is 0.0657. The molecule has 0 unspecified atom stereocenters. The summed E-state index contributed by atoms with van der Waals surface area (Å²) < 4.78 is 43.2. The van der Waals surface area contributed by atoms with E-state index in [0.717, 1.165) is 5.69 Å². The van der Waals surface area contributed by atoms with Crippen LogP contribution in [0.15, 0.2) is 90.0 Å². The zero-order valence-electron chi connectivity index (χ0n) is 17.9. The average molecular weight is 497 g/mol. The van der Waals surface area contributed by atoms with Crippen molar-refractivity contribution in [3.8, 4) is 5.69 Å². The molecule has 174 valence electrons. The van der Waals surface area contributed by atoms with E-state index in [0.29, 0.717) is 21.6 Å². The summed E-state index contributed by atoms with van der Waals surface area (Å²) in [7, 11) is -3.83. The van der Waals surface area contributed by atoms with Crippen molar-refractivity contribution in [3.63, 3.8) is 0 Å². The van der Waals surface area contributed by atoms with Crippen LogP contribution in [0.4, 0.5) is 4.39 Å². The lowest BCUT2D eigenvalue weighted by atomic mass is 10.2. The molecule has 0 radical (unpaired) electrons. The number of hydrogen-bond acceptors (Lipinski definition) is 4. The first-order valence-corrected chi connectivity index (χ1v) is 12.2. The Balaban J connectivity index is 1.45. The van der Waals surface area contributed by atoms with Crippen LogP contribution in [0.2, 0.25) is 0 Å². The number of halogens is 1. The van der Waals surface area contributed by atoms with Gasteiger partial charge in [0.2, 0.25) is 10.0 Å². The van der Waals surface area contributed by atoms with Crippen LogP contribution in [0, 0.1) is 10.6 Å². The van der Waals surface area contributed by atoms with Crippen molar-refractivity contribution in [1.29, 1.82) is 0 Å². The fourth-order valence-corrected chi connectivity index (χ4v) is 4.72. The van der Waals surface area contributed by atoms with Crippen LogP contribution >= 0.6 is 12.2 Å². The molecule has 4 rings (SSSR count). The van der Waals surface area contributed by atoms with Crippen molar-refractivity contribution in [2.24, 2.45) is 0 Å². The summed E-state index contributed by atoms with van der Waals surface area (Å²) in [5.74, 6) is -0.803. The summed E-state index contributed by atoms with van der Waals surface area (Å²) in [6, 6.07) is 21.2. The van der Waals surface area contributed by atoms with Crippen molar-refractivity contribution in [2.75, 3.05) is 0 Å². The van der Waals surface area contributed by atoms with Gasteiger partial charge in [-0.05, 0) is 59.7 Å². The molecule has 4 aromatic rings. The zero-order valence-corrected chi connectivity index (χ0v) is 19.5. The topological polar surface area (TPSA) is 96.0 Å². The van der Waals surface area contributed by atoms with E-state index < -0.39 is 15.8 Å². The second-order valence-corrected chi connectivity index (χ2v) is 9.59. The highest BCUT2D eigenvalue weighted by molar-refractivity contribution is 7.89. The van der Waals surface area contributed by atoms with Gasteiger partial charge in [-0.2, -0.15) is 0 Å². The Kier molecular flexibility index (Phi) is 7.01. The Morgan fingerprint density at radius 2 is 1.65 bits per heavy atom. The lowest BCUT2D eigenvalue weighted by Gasteiger charge is -2.11. The molecule has 0 aliphatic heterocycles. The van der Waals surface area contributed by atoms with E-state index in [-0.39, 0.29) is 23.9 Å². The van der Waals surface area contributed by atoms with Gasteiger partial charge in [0.25, 0.3) is 5.91 Å². The SMILES string of the molecule is O=C(NCc1cccc(S(=O)(=O)NCc2cccc(F)c2)c1)c1c[nH]c(=S)n1-c1ccccc1. The lowest BCUT2D eigenvalue weighted by Crippen LogP contribution is -2.26. The standard InChI is InChI=1S/C24H21FN4O3S2/c25-19-8-4-6-17(12-19)15-28-34(31,32)21-11-5-7-18(13-21)14-26-23(30)22-16-27-24(33)29(22)20-9-2-1-3-10-20/h1-13,16,28H,14-15H2,(H,26,30)(H,27,33). The number of para-hydroxylation sites is 1. The van der Waals surface area contributed by atoms with E-state index in [9.17, 15) is 17.6 Å². The Bertz CT molecular complexity index is 1480. The highest BCUT2D eigenvalue weighted by Crippen LogP contribution is 2.15. The minimum Gasteiger partial charge on any atom is -0.347 e. The second kappa shape index (κ2) is 10.1. The smallest absolute Gasteiger partial charge is 0.270 e. The molecule has 0 bridgehead atoms. The van der Waals surface area contributed by atoms with Gasteiger partial charge in [0, 0.05) is 25.0 Å². The summed E-state index contributed by atoms with van der Waals surface area (Å²) in [4.78, 5) is 15.8. The highest BCUT2D eigenvalue weighted by atomic mass is 32.2. The van der Waals surface area contributed by atoms with Gasteiger partial charge in [0.05, 0.1) is 4.90 Å². The summed E-state index contributed by atoms with van der Waals surface area (Å²) >= 11 is 5.31. The maximum absolute atomic E-state index is 13.3. The molecule has 1 aromatic heterocycles. The van der Waals surface area contributed by atoms with Crippen molar-refractivity contribution < 1.29 is 17.6 Å². The fraction of sp³-hybridized carbons (Fsp3) is 0.0833. The third kappa shape index (κ3) is 5.48. The van der Waals surface area contributed by atoms with Gasteiger partial charge in [0.1, 0.15) is 11.5 Å². The number of hydrogen-bond donors (Lipinski definition) is 3. The van der Waals surface area contributed by atoms with Gasteiger partial charge in [-0.15, -0.1) is 0 Å². The maximum Gasteiger partial charge on any atom is 0.270 e. The molecule has 34 heavy (non-hydrogen) atoms. The van der Waals surface area contributed by atoms with Crippen molar-refractivity contribution in [1.82, 2.24) is 19.6 Å². The van der Waals surface area contributed by atoms with Crippen molar-refractivity contribution in [3.05, 3.63) is 112 Å². The van der Waals surface area contributed by atoms with Gasteiger partial charge >= 0.3 is 0 Å². The molecule has 0 aliphatic carbocycles. The predicted molar refractivity (Wildman–Crippen MR) is 129 cm³/mol. The molecule has 3 aromatic carbocycles.